The SMILES string of the molecule is CN1C[C@H]2C[C@@H]1CN2C(=O)CN1CCC[C@H](NS(=O)(=O)c2ccc3cc(Cl)ccc3c2)C1=O. The van der Waals surface area contributed by atoms with E-state index in [4.69, 9.17) is 11.6 Å². The minimum absolute atomic E-state index is 0.000723. The maximum absolute atomic E-state index is 13.1. The van der Waals surface area contributed by atoms with Crippen molar-refractivity contribution in [2.75, 3.05) is 33.2 Å². The Balaban J connectivity index is 1.26. The lowest BCUT2D eigenvalue weighted by Gasteiger charge is -2.36. The third-order valence-corrected chi connectivity index (χ3v) is 8.78. The van der Waals surface area contributed by atoms with Crippen LogP contribution in [-0.4, -0.2) is 86.3 Å². The summed E-state index contributed by atoms with van der Waals surface area (Å²) in [5.74, 6) is -0.395. The van der Waals surface area contributed by atoms with Crippen LogP contribution in [0.4, 0.5) is 0 Å². The Morgan fingerprint density at radius 3 is 2.61 bits per heavy atom. The molecule has 0 unspecified atom stereocenters. The lowest BCUT2D eigenvalue weighted by atomic mass is 10.1. The molecule has 2 bridgehead atoms. The van der Waals surface area contributed by atoms with Crippen molar-refractivity contribution in [1.29, 1.82) is 0 Å². The number of piperidine rings is 1. The molecule has 3 aliphatic rings. The number of rotatable bonds is 5. The largest absolute Gasteiger partial charge is 0.335 e. The zero-order valence-electron chi connectivity index (χ0n) is 18.4. The van der Waals surface area contributed by atoms with Crippen molar-refractivity contribution in [2.24, 2.45) is 0 Å². The number of fused-ring (bicyclic) bond motifs is 3. The normalized spacial score (nSPS) is 25.9. The minimum Gasteiger partial charge on any atom is -0.335 e. The van der Waals surface area contributed by atoms with Crippen LogP contribution < -0.4 is 4.72 Å². The van der Waals surface area contributed by atoms with Gasteiger partial charge in [0, 0.05) is 36.7 Å². The van der Waals surface area contributed by atoms with Crippen LogP contribution in [0.25, 0.3) is 10.8 Å². The van der Waals surface area contributed by atoms with Gasteiger partial charge in [0.25, 0.3) is 0 Å². The van der Waals surface area contributed by atoms with Crippen molar-refractivity contribution >= 4 is 44.2 Å². The van der Waals surface area contributed by atoms with Crippen LogP contribution in [0.1, 0.15) is 19.3 Å². The summed E-state index contributed by atoms with van der Waals surface area (Å²) < 4.78 is 28.6. The highest BCUT2D eigenvalue weighted by molar-refractivity contribution is 7.89. The molecule has 2 aromatic rings. The van der Waals surface area contributed by atoms with E-state index in [9.17, 15) is 18.0 Å². The number of nitrogens with one attached hydrogen (secondary N) is 1. The molecule has 3 atom stereocenters. The molecule has 3 fully saturated rings. The summed E-state index contributed by atoms with van der Waals surface area (Å²) in [7, 11) is -1.83. The number of sulfonamides is 1. The molecule has 2 aromatic carbocycles. The van der Waals surface area contributed by atoms with Crippen LogP contribution >= 0.6 is 11.6 Å². The fraction of sp³-hybridized carbons (Fsp3) is 0.478. The standard InChI is InChI=1S/C23H27ClN4O4S/c1-26-12-19-11-18(26)13-28(19)22(29)14-27-8-2-3-21(23(27)30)25-33(31,32)20-7-5-15-9-17(24)6-4-16(15)10-20/h4-7,9-10,18-19,21,25H,2-3,8,11-14H2,1H3/t18-,19-,21+/m1/s1. The van der Waals surface area contributed by atoms with Crippen LogP contribution in [-0.2, 0) is 19.6 Å². The van der Waals surface area contributed by atoms with Gasteiger partial charge < -0.3 is 9.80 Å². The molecule has 1 N–H and O–H groups in total. The molecule has 176 valence electrons. The van der Waals surface area contributed by atoms with E-state index in [0.717, 1.165) is 23.7 Å². The monoisotopic (exact) mass is 490 g/mol. The number of carbonyl (C=O) groups excluding carboxylic acids is 2. The molecule has 10 heteroatoms. The number of hydrogen-bond donors (Lipinski definition) is 1. The summed E-state index contributed by atoms with van der Waals surface area (Å²) in [5, 5.41) is 2.16. The van der Waals surface area contributed by atoms with Crippen LogP contribution in [0.15, 0.2) is 41.3 Å². The second-order valence-electron chi connectivity index (χ2n) is 9.26. The third-order valence-electron chi connectivity index (χ3n) is 7.07. The first-order valence-corrected chi connectivity index (χ1v) is 13.1. The highest BCUT2D eigenvalue weighted by Crippen LogP contribution is 2.29. The van der Waals surface area contributed by atoms with Gasteiger partial charge in [-0.2, -0.15) is 4.72 Å². The molecule has 0 aromatic heterocycles. The number of amides is 2. The predicted octanol–water partition coefficient (Wildman–Crippen LogP) is 1.68. The van der Waals surface area contributed by atoms with E-state index in [1.165, 1.54) is 11.0 Å². The van der Waals surface area contributed by atoms with Gasteiger partial charge >= 0.3 is 0 Å². The maximum atomic E-state index is 13.1. The molecular weight excluding hydrogens is 464 g/mol. The number of likely N-dealkylation sites (N-methyl/N-ethyl adjacent to an activating group) is 1. The first-order valence-electron chi connectivity index (χ1n) is 11.2. The molecule has 0 saturated carbocycles. The Morgan fingerprint density at radius 2 is 1.88 bits per heavy atom. The summed E-state index contributed by atoms with van der Waals surface area (Å²) in [4.78, 5) is 31.7. The van der Waals surface area contributed by atoms with Crippen molar-refractivity contribution in [3.8, 4) is 0 Å². The van der Waals surface area contributed by atoms with Gasteiger partial charge in [-0.15, -0.1) is 0 Å². The van der Waals surface area contributed by atoms with Gasteiger partial charge in [-0.05, 0) is 61.3 Å². The Labute approximate surface area is 198 Å². The zero-order valence-corrected chi connectivity index (χ0v) is 20.0. The lowest BCUT2D eigenvalue weighted by Crippen LogP contribution is -2.56. The molecular formula is C23H27ClN4O4S. The van der Waals surface area contributed by atoms with Gasteiger partial charge in [-0.25, -0.2) is 8.42 Å². The number of halogens is 1. The molecule has 3 saturated heterocycles. The van der Waals surface area contributed by atoms with E-state index >= 15 is 0 Å². The maximum Gasteiger partial charge on any atom is 0.242 e. The van der Waals surface area contributed by atoms with E-state index in [0.29, 0.717) is 37.0 Å². The molecule has 8 nitrogen and oxygen atoms in total. The Bertz CT molecular complexity index is 1220. The average Bonchev–Trinajstić information content (AvgIpc) is 3.35. The quantitative estimate of drug-likeness (QED) is 0.688. The van der Waals surface area contributed by atoms with E-state index in [1.807, 2.05) is 4.90 Å². The van der Waals surface area contributed by atoms with E-state index in [1.54, 1.807) is 30.3 Å². The van der Waals surface area contributed by atoms with Crippen LogP contribution in [0, 0.1) is 0 Å². The van der Waals surface area contributed by atoms with E-state index in [2.05, 4.69) is 16.7 Å². The summed E-state index contributed by atoms with van der Waals surface area (Å²) in [6, 6.07) is 9.75. The highest BCUT2D eigenvalue weighted by Gasteiger charge is 2.44. The lowest BCUT2D eigenvalue weighted by molar-refractivity contribution is -0.144. The summed E-state index contributed by atoms with van der Waals surface area (Å²) in [6.45, 7) is 2.03. The first kappa shape index (κ1) is 22.6. The number of piperazine rings is 1. The van der Waals surface area contributed by atoms with Gasteiger partial charge in [0.15, 0.2) is 0 Å². The van der Waals surface area contributed by atoms with E-state index in [-0.39, 0.29) is 29.3 Å². The second-order valence-corrected chi connectivity index (χ2v) is 11.4. The molecule has 5 rings (SSSR count). The average molecular weight is 491 g/mol. The zero-order chi connectivity index (χ0) is 23.3. The summed E-state index contributed by atoms with van der Waals surface area (Å²) in [5.41, 5.74) is 0. The first-order chi connectivity index (χ1) is 15.7. The number of likely N-dealkylation sites (tertiary alicyclic amines) is 3. The number of hydrogen-bond acceptors (Lipinski definition) is 5. The van der Waals surface area contributed by atoms with Gasteiger partial charge in [-0.3, -0.25) is 14.5 Å². The van der Waals surface area contributed by atoms with E-state index < -0.39 is 16.1 Å². The fourth-order valence-electron chi connectivity index (χ4n) is 5.25. The molecule has 3 aliphatic heterocycles. The molecule has 0 spiro atoms. The van der Waals surface area contributed by atoms with Crippen molar-refractivity contribution in [2.45, 2.75) is 42.3 Å². The highest BCUT2D eigenvalue weighted by atomic mass is 35.5. The Kier molecular flexibility index (Phi) is 5.84. The van der Waals surface area contributed by atoms with Crippen molar-refractivity contribution in [1.82, 2.24) is 19.4 Å². The number of benzene rings is 2. The summed E-state index contributed by atoms with van der Waals surface area (Å²) in [6.07, 6.45) is 2.03. The van der Waals surface area contributed by atoms with Crippen molar-refractivity contribution in [3.63, 3.8) is 0 Å². The Morgan fingerprint density at radius 1 is 1.12 bits per heavy atom. The topological polar surface area (TPSA) is 90.0 Å². The van der Waals surface area contributed by atoms with Gasteiger partial charge in [0.05, 0.1) is 11.4 Å². The van der Waals surface area contributed by atoms with Crippen LogP contribution in [0.2, 0.25) is 5.02 Å². The minimum atomic E-state index is -3.91. The fourth-order valence-corrected chi connectivity index (χ4v) is 6.69. The molecule has 0 radical (unpaired) electrons. The predicted molar refractivity (Wildman–Crippen MR) is 125 cm³/mol. The molecule has 0 aliphatic carbocycles. The molecule has 3 heterocycles. The van der Waals surface area contributed by atoms with Crippen molar-refractivity contribution in [3.05, 3.63) is 41.4 Å². The van der Waals surface area contributed by atoms with Crippen LogP contribution in [0.3, 0.4) is 0 Å². The number of carbonyl (C=O) groups is 2. The number of nitrogens with zero attached hydrogens (tertiary/aromatic N) is 3. The third kappa shape index (κ3) is 4.35. The van der Waals surface area contributed by atoms with Crippen molar-refractivity contribution < 1.29 is 18.0 Å². The van der Waals surface area contributed by atoms with Gasteiger partial charge in [0.2, 0.25) is 21.8 Å². The second kappa shape index (κ2) is 8.54. The smallest absolute Gasteiger partial charge is 0.242 e. The van der Waals surface area contributed by atoms with Crippen LogP contribution in [0.5, 0.6) is 0 Å². The summed E-state index contributed by atoms with van der Waals surface area (Å²) >= 11 is 6.01. The van der Waals surface area contributed by atoms with Gasteiger partial charge in [0.1, 0.15) is 6.04 Å². The molecule has 2 amide bonds. The Hall–Kier alpha value is -2.20. The van der Waals surface area contributed by atoms with Gasteiger partial charge in [-0.1, -0.05) is 23.7 Å². The molecule has 33 heavy (non-hydrogen) atoms.